The fraction of sp³-hybridized carbons (Fsp3) is 0.636. The number of likely N-dealkylation sites (N-methyl/N-ethyl adjacent to an activating group) is 1. The normalized spacial score (nSPS) is 11.6. The highest BCUT2D eigenvalue weighted by atomic mass is 19.3. The summed E-state index contributed by atoms with van der Waals surface area (Å²) < 4.78 is 25.9. The van der Waals surface area contributed by atoms with Crippen molar-refractivity contribution in [1.29, 1.82) is 0 Å². The Morgan fingerprint density at radius 2 is 2.22 bits per heavy atom. The van der Waals surface area contributed by atoms with Crippen molar-refractivity contribution in [2.24, 2.45) is 0 Å². The van der Waals surface area contributed by atoms with Crippen molar-refractivity contribution in [3.05, 3.63) is 18.2 Å². The smallest absolute Gasteiger partial charge is 0.319 e. The molecule has 0 fully saturated rings. The van der Waals surface area contributed by atoms with E-state index in [2.05, 4.69) is 10.3 Å². The summed E-state index contributed by atoms with van der Waals surface area (Å²) in [7, 11) is 1.68. The van der Waals surface area contributed by atoms with Crippen LogP contribution in [0, 0.1) is 0 Å². The van der Waals surface area contributed by atoms with E-state index in [9.17, 15) is 13.6 Å². The van der Waals surface area contributed by atoms with Crippen molar-refractivity contribution < 1.29 is 13.6 Å². The molecule has 0 bridgehead atoms. The van der Waals surface area contributed by atoms with Crippen molar-refractivity contribution in [2.45, 2.75) is 33.0 Å². The number of carbonyl (C=O) groups is 1. The number of rotatable bonds is 6. The molecule has 5 nitrogen and oxygen atoms in total. The first-order valence-electron chi connectivity index (χ1n) is 5.68. The van der Waals surface area contributed by atoms with Gasteiger partial charge in [0.1, 0.15) is 5.82 Å². The SMILES string of the molecule is CC(C)NC(=O)CN(C)Cc1nccn1C(F)F. The minimum atomic E-state index is -2.61. The van der Waals surface area contributed by atoms with Gasteiger partial charge >= 0.3 is 6.55 Å². The maximum Gasteiger partial charge on any atom is 0.319 e. The van der Waals surface area contributed by atoms with Crippen LogP contribution < -0.4 is 5.32 Å². The van der Waals surface area contributed by atoms with E-state index in [1.54, 1.807) is 11.9 Å². The maximum atomic E-state index is 12.6. The fourth-order valence-corrected chi connectivity index (χ4v) is 1.55. The van der Waals surface area contributed by atoms with Crippen molar-refractivity contribution in [3.63, 3.8) is 0 Å². The molecule has 18 heavy (non-hydrogen) atoms. The van der Waals surface area contributed by atoms with E-state index in [-0.39, 0.29) is 30.9 Å². The Kier molecular flexibility index (Phi) is 5.21. The van der Waals surface area contributed by atoms with E-state index in [0.29, 0.717) is 0 Å². The quantitative estimate of drug-likeness (QED) is 0.837. The molecular weight excluding hydrogens is 242 g/mol. The van der Waals surface area contributed by atoms with Gasteiger partial charge in [-0.15, -0.1) is 0 Å². The van der Waals surface area contributed by atoms with Gasteiger partial charge in [0, 0.05) is 18.4 Å². The van der Waals surface area contributed by atoms with Gasteiger partial charge in [0.25, 0.3) is 0 Å². The van der Waals surface area contributed by atoms with E-state index in [4.69, 9.17) is 0 Å². The molecule has 1 aromatic rings. The van der Waals surface area contributed by atoms with E-state index in [1.807, 2.05) is 13.8 Å². The second kappa shape index (κ2) is 6.44. The number of halogens is 2. The number of hydrogen-bond donors (Lipinski definition) is 1. The lowest BCUT2D eigenvalue weighted by molar-refractivity contribution is -0.122. The largest absolute Gasteiger partial charge is 0.353 e. The summed E-state index contributed by atoms with van der Waals surface area (Å²) in [4.78, 5) is 17.0. The summed E-state index contributed by atoms with van der Waals surface area (Å²) in [6.07, 6.45) is 2.55. The number of alkyl halides is 2. The van der Waals surface area contributed by atoms with Crippen molar-refractivity contribution in [3.8, 4) is 0 Å². The highest BCUT2D eigenvalue weighted by Crippen LogP contribution is 2.13. The summed E-state index contributed by atoms with van der Waals surface area (Å²) in [5.41, 5.74) is 0. The molecule has 1 N–H and O–H groups in total. The summed E-state index contributed by atoms with van der Waals surface area (Å²) in [6.45, 7) is 1.46. The number of hydrogen-bond acceptors (Lipinski definition) is 3. The minimum Gasteiger partial charge on any atom is -0.353 e. The average molecular weight is 260 g/mol. The highest BCUT2D eigenvalue weighted by Gasteiger charge is 2.14. The third kappa shape index (κ3) is 4.40. The Labute approximate surface area is 105 Å². The topological polar surface area (TPSA) is 50.2 Å². The summed E-state index contributed by atoms with van der Waals surface area (Å²) >= 11 is 0. The molecule has 0 radical (unpaired) electrons. The van der Waals surface area contributed by atoms with Crippen LogP contribution in [0.2, 0.25) is 0 Å². The van der Waals surface area contributed by atoms with Gasteiger partial charge in [0.2, 0.25) is 5.91 Å². The molecule has 102 valence electrons. The van der Waals surface area contributed by atoms with Gasteiger partial charge < -0.3 is 5.32 Å². The van der Waals surface area contributed by atoms with Gasteiger partial charge in [-0.3, -0.25) is 14.3 Å². The standard InChI is InChI=1S/C11H18F2N4O/c1-8(2)15-10(18)7-16(3)6-9-14-4-5-17(9)11(12)13/h4-5,8,11H,6-7H2,1-3H3,(H,15,18). The molecule has 0 aliphatic rings. The first kappa shape index (κ1) is 14.6. The molecule has 0 saturated carbocycles. The van der Waals surface area contributed by atoms with Crippen LogP contribution in [-0.2, 0) is 11.3 Å². The molecule has 1 amide bonds. The second-order valence-electron chi connectivity index (χ2n) is 4.42. The monoisotopic (exact) mass is 260 g/mol. The second-order valence-corrected chi connectivity index (χ2v) is 4.42. The molecule has 0 atom stereocenters. The van der Waals surface area contributed by atoms with Crippen LogP contribution in [0.25, 0.3) is 0 Å². The van der Waals surface area contributed by atoms with Crippen LogP contribution in [0.15, 0.2) is 12.4 Å². The van der Waals surface area contributed by atoms with E-state index >= 15 is 0 Å². The number of imidazole rings is 1. The van der Waals surface area contributed by atoms with Crippen LogP contribution in [0.3, 0.4) is 0 Å². The molecule has 0 saturated heterocycles. The lowest BCUT2D eigenvalue weighted by Crippen LogP contribution is -2.38. The number of amides is 1. The molecule has 1 heterocycles. The van der Waals surface area contributed by atoms with Crippen LogP contribution in [0.1, 0.15) is 26.2 Å². The molecule has 0 aliphatic carbocycles. The lowest BCUT2D eigenvalue weighted by atomic mass is 10.4. The third-order valence-electron chi connectivity index (χ3n) is 2.23. The molecule has 1 rings (SSSR count). The highest BCUT2D eigenvalue weighted by molar-refractivity contribution is 5.78. The fourth-order valence-electron chi connectivity index (χ4n) is 1.55. The van der Waals surface area contributed by atoms with Crippen LogP contribution in [0.4, 0.5) is 8.78 Å². The number of nitrogens with one attached hydrogen (secondary N) is 1. The van der Waals surface area contributed by atoms with Crippen LogP contribution in [0.5, 0.6) is 0 Å². The van der Waals surface area contributed by atoms with Gasteiger partial charge in [0.05, 0.1) is 13.1 Å². The van der Waals surface area contributed by atoms with Gasteiger partial charge in [-0.25, -0.2) is 4.98 Å². The zero-order valence-electron chi connectivity index (χ0n) is 10.7. The molecule has 0 aromatic carbocycles. The zero-order valence-corrected chi connectivity index (χ0v) is 10.7. The maximum absolute atomic E-state index is 12.6. The van der Waals surface area contributed by atoms with Crippen molar-refractivity contribution >= 4 is 5.91 Å². The number of aromatic nitrogens is 2. The van der Waals surface area contributed by atoms with E-state index in [0.717, 1.165) is 4.57 Å². The Bertz CT molecular complexity index is 392. The van der Waals surface area contributed by atoms with Crippen molar-refractivity contribution in [1.82, 2.24) is 19.8 Å². The van der Waals surface area contributed by atoms with Gasteiger partial charge in [-0.2, -0.15) is 8.78 Å². The van der Waals surface area contributed by atoms with E-state index in [1.165, 1.54) is 12.4 Å². The van der Waals surface area contributed by atoms with Gasteiger partial charge in [-0.1, -0.05) is 0 Å². The van der Waals surface area contributed by atoms with E-state index < -0.39 is 6.55 Å². The predicted molar refractivity (Wildman–Crippen MR) is 63.1 cm³/mol. The molecule has 0 aliphatic heterocycles. The molecule has 1 aromatic heterocycles. The molecule has 0 unspecified atom stereocenters. The molecular formula is C11H18F2N4O. The van der Waals surface area contributed by atoms with Crippen LogP contribution in [-0.4, -0.2) is 40.0 Å². The first-order valence-corrected chi connectivity index (χ1v) is 5.68. The number of nitrogens with zero attached hydrogens (tertiary/aromatic N) is 3. The Morgan fingerprint density at radius 3 is 2.78 bits per heavy atom. The van der Waals surface area contributed by atoms with Gasteiger partial charge in [0.15, 0.2) is 0 Å². The minimum absolute atomic E-state index is 0.0638. The summed E-state index contributed by atoms with van der Waals surface area (Å²) in [5, 5.41) is 2.73. The zero-order chi connectivity index (χ0) is 13.7. The molecule has 7 heteroatoms. The van der Waals surface area contributed by atoms with Gasteiger partial charge in [-0.05, 0) is 20.9 Å². The summed E-state index contributed by atoms with van der Waals surface area (Å²) in [6, 6.07) is 0.0638. The first-order chi connectivity index (χ1) is 8.40. The Balaban J connectivity index is 2.51. The number of carbonyl (C=O) groups excluding carboxylic acids is 1. The summed E-state index contributed by atoms with van der Waals surface area (Å²) in [5.74, 6) is 0.104. The predicted octanol–water partition coefficient (Wildman–Crippen LogP) is 1.23. The Morgan fingerprint density at radius 1 is 1.56 bits per heavy atom. The third-order valence-corrected chi connectivity index (χ3v) is 2.23. The molecule has 0 spiro atoms. The average Bonchev–Trinajstić information content (AvgIpc) is 2.63. The Hall–Kier alpha value is -1.50. The lowest BCUT2D eigenvalue weighted by Gasteiger charge is -2.17. The van der Waals surface area contributed by atoms with Crippen molar-refractivity contribution in [2.75, 3.05) is 13.6 Å². The van der Waals surface area contributed by atoms with Crippen LogP contribution >= 0.6 is 0 Å².